The lowest BCUT2D eigenvalue weighted by Gasteiger charge is -2.35. The highest BCUT2D eigenvalue weighted by Crippen LogP contribution is 2.26. The smallest absolute Gasteiger partial charge is 0.0474 e. The van der Waals surface area contributed by atoms with Gasteiger partial charge in [-0.15, -0.1) is 11.6 Å². The highest BCUT2D eigenvalue weighted by Gasteiger charge is 2.18. The van der Waals surface area contributed by atoms with Gasteiger partial charge in [0.15, 0.2) is 0 Å². The lowest BCUT2D eigenvalue weighted by Crippen LogP contribution is -2.38. The van der Waals surface area contributed by atoms with Crippen molar-refractivity contribution in [2.75, 3.05) is 11.9 Å². The molecule has 0 aliphatic heterocycles. The Hall–Kier alpha value is -0.690. The van der Waals surface area contributed by atoms with Crippen LogP contribution in [0.15, 0.2) is 18.2 Å². The normalized spacial score (nSPS) is 11.6. The molecule has 1 rings (SSSR count). The zero-order chi connectivity index (χ0) is 11.6. The topological polar surface area (TPSA) is 3.24 Å². The molecule has 0 unspecified atom stereocenters. The Labute approximate surface area is 98.0 Å². The van der Waals surface area contributed by atoms with E-state index in [-0.39, 0.29) is 5.54 Å². The van der Waals surface area contributed by atoms with Crippen molar-refractivity contribution >= 4 is 17.3 Å². The minimum Gasteiger partial charge on any atom is -0.370 e. The van der Waals surface area contributed by atoms with Crippen molar-refractivity contribution in [2.24, 2.45) is 0 Å². The summed E-state index contributed by atoms with van der Waals surface area (Å²) in [4.78, 5) is 2.29. The first-order chi connectivity index (χ1) is 6.86. The summed E-state index contributed by atoms with van der Waals surface area (Å²) in [5.41, 5.74) is 3.88. The van der Waals surface area contributed by atoms with E-state index in [1.807, 2.05) is 0 Å². The maximum absolute atomic E-state index is 5.81. The molecule has 0 aliphatic carbocycles. The van der Waals surface area contributed by atoms with E-state index in [1.165, 1.54) is 16.8 Å². The van der Waals surface area contributed by atoms with Gasteiger partial charge in [0.05, 0.1) is 0 Å². The predicted octanol–water partition coefficient (Wildman–Crippen LogP) is 3.97. The molecule has 1 aromatic carbocycles. The van der Waals surface area contributed by atoms with Gasteiger partial charge in [0.25, 0.3) is 0 Å². The molecule has 1 nitrogen and oxygen atoms in total. The van der Waals surface area contributed by atoms with Gasteiger partial charge in [0.2, 0.25) is 0 Å². The number of anilines is 1. The number of nitrogens with zero attached hydrogens (tertiary/aromatic N) is 1. The van der Waals surface area contributed by atoms with Crippen LogP contribution in [0.1, 0.15) is 31.9 Å². The van der Waals surface area contributed by atoms with Gasteiger partial charge in [-0.2, -0.15) is 0 Å². The summed E-state index contributed by atoms with van der Waals surface area (Å²) < 4.78 is 0. The Balaban J connectivity index is 3.06. The number of hydrogen-bond donors (Lipinski definition) is 0. The molecular formula is C13H20ClN. The first-order valence-electron chi connectivity index (χ1n) is 5.25. The molecule has 0 fully saturated rings. The zero-order valence-corrected chi connectivity index (χ0v) is 11.0. The van der Waals surface area contributed by atoms with E-state index < -0.39 is 0 Å². The molecule has 84 valence electrons. The summed E-state index contributed by atoms with van der Waals surface area (Å²) in [7, 11) is 2.13. The van der Waals surface area contributed by atoms with Crippen LogP contribution in [-0.4, -0.2) is 12.6 Å². The van der Waals surface area contributed by atoms with Crippen LogP contribution in [0.4, 0.5) is 5.69 Å². The van der Waals surface area contributed by atoms with Gasteiger partial charge >= 0.3 is 0 Å². The number of hydrogen-bond acceptors (Lipinski definition) is 1. The third-order valence-electron chi connectivity index (χ3n) is 2.78. The summed E-state index contributed by atoms with van der Waals surface area (Å²) in [5, 5.41) is 0. The standard InChI is InChI=1S/C13H20ClN/c1-10-8-11(9-14)6-7-12(10)15(5)13(2,3)4/h6-8H,9H2,1-5H3. The van der Waals surface area contributed by atoms with Crippen molar-refractivity contribution < 1.29 is 0 Å². The van der Waals surface area contributed by atoms with E-state index in [4.69, 9.17) is 11.6 Å². The Kier molecular flexibility index (Phi) is 3.67. The van der Waals surface area contributed by atoms with Crippen LogP contribution in [0.25, 0.3) is 0 Å². The van der Waals surface area contributed by atoms with Crippen LogP contribution in [0.5, 0.6) is 0 Å². The Morgan fingerprint density at radius 2 is 1.87 bits per heavy atom. The van der Waals surface area contributed by atoms with Gasteiger partial charge in [-0.05, 0) is 44.9 Å². The van der Waals surface area contributed by atoms with Gasteiger partial charge in [-0.1, -0.05) is 12.1 Å². The van der Waals surface area contributed by atoms with E-state index in [2.05, 4.69) is 57.8 Å². The Bertz CT molecular complexity index is 339. The molecule has 0 heterocycles. The second kappa shape index (κ2) is 4.44. The number of aryl methyl sites for hydroxylation is 1. The van der Waals surface area contributed by atoms with Gasteiger partial charge < -0.3 is 4.90 Å². The van der Waals surface area contributed by atoms with E-state index >= 15 is 0 Å². The van der Waals surface area contributed by atoms with Crippen molar-refractivity contribution in [3.05, 3.63) is 29.3 Å². The molecule has 0 aliphatic rings. The summed E-state index contributed by atoms with van der Waals surface area (Å²) in [6.45, 7) is 8.76. The molecule has 0 N–H and O–H groups in total. The van der Waals surface area contributed by atoms with Crippen molar-refractivity contribution in [3.8, 4) is 0 Å². The first-order valence-corrected chi connectivity index (χ1v) is 5.79. The Morgan fingerprint density at radius 3 is 2.27 bits per heavy atom. The van der Waals surface area contributed by atoms with Crippen molar-refractivity contribution in [1.29, 1.82) is 0 Å². The molecular weight excluding hydrogens is 206 g/mol. The quantitative estimate of drug-likeness (QED) is 0.689. The van der Waals surface area contributed by atoms with Crippen LogP contribution in [-0.2, 0) is 5.88 Å². The van der Waals surface area contributed by atoms with E-state index in [9.17, 15) is 0 Å². The van der Waals surface area contributed by atoms with Crippen LogP contribution >= 0.6 is 11.6 Å². The fourth-order valence-electron chi connectivity index (χ4n) is 1.54. The second-order valence-corrected chi connectivity index (χ2v) is 5.25. The molecule has 2 heteroatoms. The Morgan fingerprint density at radius 1 is 1.27 bits per heavy atom. The molecule has 0 radical (unpaired) electrons. The lowest BCUT2D eigenvalue weighted by atomic mass is 10.0. The van der Waals surface area contributed by atoms with Crippen LogP contribution in [0, 0.1) is 6.92 Å². The summed E-state index contributed by atoms with van der Waals surface area (Å²) >= 11 is 5.81. The van der Waals surface area contributed by atoms with E-state index in [0.717, 1.165) is 0 Å². The minimum atomic E-state index is 0.146. The van der Waals surface area contributed by atoms with Gasteiger partial charge in [-0.25, -0.2) is 0 Å². The van der Waals surface area contributed by atoms with Crippen LogP contribution in [0.3, 0.4) is 0 Å². The molecule has 0 spiro atoms. The largest absolute Gasteiger partial charge is 0.370 e. The number of halogens is 1. The molecule has 0 bridgehead atoms. The second-order valence-electron chi connectivity index (χ2n) is 4.98. The number of benzene rings is 1. The minimum absolute atomic E-state index is 0.146. The molecule has 0 atom stereocenters. The number of alkyl halides is 1. The van der Waals surface area contributed by atoms with Gasteiger partial charge in [-0.3, -0.25) is 0 Å². The molecule has 0 saturated carbocycles. The average molecular weight is 226 g/mol. The van der Waals surface area contributed by atoms with Gasteiger partial charge in [0, 0.05) is 24.2 Å². The molecule has 0 saturated heterocycles. The fourth-order valence-corrected chi connectivity index (χ4v) is 1.70. The zero-order valence-electron chi connectivity index (χ0n) is 10.3. The highest BCUT2D eigenvalue weighted by molar-refractivity contribution is 6.17. The van der Waals surface area contributed by atoms with E-state index in [1.54, 1.807) is 0 Å². The average Bonchev–Trinajstić information content (AvgIpc) is 2.15. The number of rotatable bonds is 2. The third kappa shape index (κ3) is 2.88. The maximum Gasteiger partial charge on any atom is 0.0474 e. The van der Waals surface area contributed by atoms with Crippen molar-refractivity contribution in [2.45, 2.75) is 39.1 Å². The monoisotopic (exact) mass is 225 g/mol. The fraction of sp³-hybridized carbons (Fsp3) is 0.538. The third-order valence-corrected chi connectivity index (χ3v) is 3.09. The van der Waals surface area contributed by atoms with Crippen LogP contribution < -0.4 is 4.90 Å². The highest BCUT2D eigenvalue weighted by atomic mass is 35.5. The van der Waals surface area contributed by atoms with Crippen molar-refractivity contribution in [3.63, 3.8) is 0 Å². The molecule has 1 aromatic rings. The summed E-state index contributed by atoms with van der Waals surface area (Å²) in [5.74, 6) is 0.584. The van der Waals surface area contributed by atoms with Crippen LogP contribution in [0.2, 0.25) is 0 Å². The van der Waals surface area contributed by atoms with Gasteiger partial charge in [0.1, 0.15) is 0 Å². The first kappa shape index (κ1) is 12.4. The predicted molar refractivity (Wildman–Crippen MR) is 68.9 cm³/mol. The molecule has 0 amide bonds. The molecule has 0 aromatic heterocycles. The lowest BCUT2D eigenvalue weighted by molar-refractivity contribution is 0.538. The maximum atomic E-state index is 5.81. The van der Waals surface area contributed by atoms with Crippen molar-refractivity contribution in [1.82, 2.24) is 0 Å². The van der Waals surface area contributed by atoms with E-state index in [0.29, 0.717) is 5.88 Å². The summed E-state index contributed by atoms with van der Waals surface area (Å²) in [6, 6.07) is 6.40. The summed E-state index contributed by atoms with van der Waals surface area (Å²) in [6.07, 6.45) is 0. The SMILES string of the molecule is Cc1cc(CCl)ccc1N(C)C(C)(C)C. The molecule has 15 heavy (non-hydrogen) atoms.